The third kappa shape index (κ3) is 2.31. The number of nitrogens with one attached hydrogen (secondary N) is 1. The number of nitrogens with zero attached hydrogens (tertiary/aromatic N) is 1. The van der Waals surface area contributed by atoms with Gasteiger partial charge < -0.3 is 10.4 Å². The highest BCUT2D eigenvalue weighted by molar-refractivity contribution is 7.22. The number of benzene rings is 1. The van der Waals surface area contributed by atoms with Gasteiger partial charge in [0.05, 0.1) is 15.8 Å². The van der Waals surface area contributed by atoms with Crippen molar-refractivity contribution in [2.24, 2.45) is 5.92 Å². The molecule has 6 heteroatoms. The van der Waals surface area contributed by atoms with E-state index >= 15 is 0 Å². The van der Waals surface area contributed by atoms with Crippen molar-refractivity contribution in [1.82, 2.24) is 4.98 Å². The van der Waals surface area contributed by atoms with E-state index in [4.69, 9.17) is 5.11 Å². The summed E-state index contributed by atoms with van der Waals surface area (Å²) in [5, 5.41) is 12.3. The van der Waals surface area contributed by atoms with Crippen LogP contribution in [0.1, 0.15) is 29.6 Å². The van der Waals surface area contributed by atoms with Crippen LogP contribution >= 0.6 is 11.3 Å². The van der Waals surface area contributed by atoms with Crippen LogP contribution in [0.3, 0.4) is 0 Å². The first kappa shape index (κ1) is 12.1. The second kappa shape index (κ2) is 4.62. The molecule has 1 aliphatic rings. The van der Waals surface area contributed by atoms with E-state index in [1.54, 1.807) is 12.1 Å². The van der Waals surface area contributed by atoms with Gasteiger partial charge in [0.15, 0.2) is 5.13 Å². The molecule has 1 aromatic carbocycles. The molecule has 1 aromatic heterocycles. The van der Waals surface area contributed by atoms with Gasteiger partial charge in [0.1, 0.15) is 0 Å². The van der Waals surface area contributed by atoms with Gasteiger partial charge in [0, 0.05) is 5.92 Å². The van der Waals surface area contributed by atoms with Crippen molar-refractivity contribution in [3.63, 3.8) is 0 Å². The van der Waals surface area contributed by atoms with Crippen LogP contribution < -0.4 is 5.32 Å². The number of amides is 1. The molecule has 2 aromatic rings. The normalized spacial score (nSPS) is 15.2. The van der Waals surface area contributed by atoms with Crippen LogP contribution in [0.5, 0.6) is 0 Å². The number of thiazole rings is 1. The lowest BCUT2D eigenvalue weighted by molar-refractivity contribution is -0.122. The molecule has 19 heavy (non-hydrogen) atoms. The first-order valence-corrected chi connectivity index (χ1v) is 6.90. The topological polar surface area (TPSA) is 79.3 Å². The van der Waals surface area contributed by atoms with E-state index in [1.807, 2.05) is 0 Å². The van der Waals surface area contributed by atoms with Gasteiger partial charge in [-0.1, -0.05) is 17.8 Å². The summed E-state index contributed by atoms with van der Waals surface area (Å²) in [5.74, 6) is -0.833. The number of anilines is 1. The largest absolute Gasteiger partial charge is 0.478 e. The molecule has 3 rings (SSSR count). The number of hydrogen-bond acceptors (Lipinski definition) is 4. The SMILES string of the molecule is O=C(O)c1ccc2nc(NC(=O)C3CCC3)sc2c1. The zero-order valence-electron chi connectivity index (χ0n) is 10.0. The minimum absolute atomic E-state index is 0.0174. The standard InChI is InChI=1S/C13H12N2O3S/c16-11(7-2-1-3-7)15-13-14-9-5-4-8(12(17)18)6-10(9)19-13/h4-7H,1-3H2,(H,17,18)(H,14,15,16). The lowest BCUT2D eigenvalue weighted by Crippen LogP contribution is -2.27. The Bertz CT molecular complexity index is 661. The fraction of sp³-hybridized carbons (Fsp3) is 0.308. The fourth-order valence-corrected chi connectivity index (χ4v) is 2.90. The highest BCUT2D eigenvalue weighted by Crippen LogP contribution is 2.30. The molecule has 1 heterocycles. The summed E-state index contributed by atoms with van der Waals surface area (Å²) in [6.45, 7) is 0. The number of carbonyl (C=O) groups is 2. The maximum Gasteiger partial charge on any atom is 0.335 e. The van der Waals surface area contributed by atoms with Crippen LogP contribution in [-0.2, 0) is 4.79 Å². The van der Waals surface area contributed by atoms with Gasteiger partial charge >= 0.3 is 5.97 Å². The van der Waals surface area contributed by atoms with Crippen LogP contribution in [0.25, 0.3) is 10.2 Å². The summed E-state index contributed by atoms with van der Waals surface area (Å²) in [4.78, 5) is 27.0. The van der Waals surface area contributed by atoms with Crippen molar-refractivity contribution < 1.29 is 14.7 Å². The van der Waals surface area contributed by atoms with E-state index in [9.17, 15) is 9.59 Å². The van der Waals surface area contributed by atoms with Gasteiger partial charge in [-0.3, -0.25) is 4.79 Å². The van der Waals surface area contributed by atoms with Gasteiger partial charge in [-0.05, 0) is 31.0 Å². The number of fused-ring (bicyclic) bond motifs is 1. The molecule has 1 saturated carbocycles. The van der Waals surface area contributed by atoms with E-state index in [0.29, 0.717) is 10.6 Å². The Morgan fingerprint density at radius 1 is 1.37 bits per heavy atom. The molecule has 1 fully saturated rings. The smallest absolute Gasteiger partial charge is 0.335 e. The molecule has 0 radical (unpaired) electrons. The predicted octanol–water partition coefficient (Wildman–Crippen LogP) is 2.73. The van der Waals surface area contributed by atoms with Crippen molar-refractivity contribution in [2.75, 3.05) is 5.32 Å². The first-order chi connectivity index (χ1) is 9.13. The Balaban J connectivity index is 1.84. The highest BCUT2D eigenvalue weighted by Gasteiger charge is 2.25. The average Bonchev–Trinajstić information content (AvgIpc) is 2.66. The number of carboxylic acid groups (broad SMARTS) is 1. The van der Waals surface area contributed by atoms with Crippen LogP contribution in [0.4, 0.5) is 5.13 Å². The van der Waals surface area contributed by atoms with Gasteiger partial charge in [0.25, 0.3) is 0 Å². The third-order valence-corrected chi connectivity index (χ3v) is 4.28. The summed E-state index contributed by atoms with van der Waals surface area (Å²) in [7, 11) is 0. The number of rotatable bonds is 3. The monoisotopic (exact) mass is 276 g/mol. The lowest BCUT2D eigenvalue weighted by atomic mass is 9.85. The van der Waals surface area contributed by atoms with Crippen molar-refractivity contribution in [2.45, 2.75) is 19.3 Å². The van der Waals surface area contributed by atoms with Gasteiger partial charge in [0.2, 0.25) is 5.91 Å². The third-order valence-electron chi connectivity index (χ3n) is 3.34. The van der Waals surface area contributed by atoms with Gasteiger partial charge in [-0.15, -0.1) is 0 Å². The molecule has 5 nitrogen and oxygen atoms in total. The number of carbonyl (C=O) groups excluding carboxylic acids is 1. The van der Waals surface area contributed by atoms with Crippen LogP contribution in [-0.4, -0.2) is 22.0 Å². The molecular weight excluding hydrogens is 264 g/mol. The number of aromatic nitrogens is 1. The molecule has 2 N–H and O–H groups in total. The van der Waals surface area contributed by atoms with Crippen LogP contribution in [0, 0.1) is 5.92 Å². The van der Waals surface area contributed by atoms with Crippen molar-refractivity contribution in [3.05, 3.63) is 23.8 Å². The number of carboxylic acids is 1. The van der Waals surface area contributed by atoms with E-state index in [2.05, 4.69) is 10.3 Å². The van der Waals surface area contributed by atoms with Crippen molar-refractivity contribution >= 4 is 38.6 Å². The van der Waals surface area contributed by atoms with Crippen molar-refractivity contribution in [1.29, 1.82) is 0 Å². The molecule has 0 atom stereocenters. The Morgan fingerprint density at radius 2 is 2.16 bits per heavy atom. The van der Waals surface area contributed by atoms with Crippen LogP contribution in [0.2, 0.25) is 0 Å². The summed E-state index contributed by atoms with van der Waals surface area (Å²) >= 11 is 1.30. The molecule has 1 amide bonds. The quantitative estimate of drug-likeness (QED) is 0.903. The maximum atomic E-state index is 11.8. The molecule has 0 spiro atoms. The van der Waals surface area contributed by atoms with Crippen LogP contribution in [0.15, 0.2) is 18.2 Å². The van der Waals surface area contributed by atoms with Gasteiger partial charge in [-0.25, -0.2) is 9.78 Å². The zero-order valence-corrected chi connectivity index (χ0v) is 10.9. The Morgan fingerprint density at radius 3 is 2.79 bits per heavy atom. The summed E-state index contributed by atoms with van der Waals surface area (Å²) < 4.78 is 0.767. The molecule has 0 aliphatic heterocycles. The first-order valence-electron chi connectivity index (χ1n) is 6.08. The predicted molar refractivity (Wildman–Crippen MR) is 72.6 cm³/mol. The zero-order chi connectivity index (χ0) is 13.4. The molecule has 98 valence electrons. The molecule has 1 aliphatic carbocycles. The Labute approximate surface area is 113 Å². The van der Waals surface area contributed by atoms with Gasteiger partial charge in [-0.2, -0.15) is 0 Å². The maximum absolute atomic E-state index is 11.8. The van der Waals surface area contributed by atoms with Crippen molar-refractivity contribution in [3.8, 4) is 0 Å². The highest BCUT2D eigenvalue weighted by atomic mass is 32.1. The number of hydrogen-bond donors (Lipinski definition) is 2. The Hall–Kier alpha value is -1.95. The molecule has 0 unspecified atom stereocenters. The molecule has 0 bridgehead atoms. The Kier molecular flexibility index (Phi) is 2.94. The summed E-state index contributed by atoms with van der Waals surface area (Å²) in [5.41, 5.74) is 0.937. The van der Waals surface area contributed by atoms with E-state index < -0.39 is 5.97 Å². The lowest BCUT2D eigenvalue weighted by Gasteiger charge is -2.23. The molecule has 0 saturated heterocycles. The summed E-state index contributed by atoms with van der Waals surface area (Å²) in [6, 6.07) is 4.75. The van der Waals surface area contributed by atoms with E-state index in [0.717, 1.165) is 24.0 Å². The van der Waals surface area contributed by atoms with E-state index in [1.165, 1.54) is 17.4 Å². The minimum atomic E-state index is -0.963. The molecular formula is C13H12N2O3S. The second-order valence-electron chi connectivity index (χ2n) is 4.62. The minimum Gasteiger partial charge on any atom is -0.478 e. The number of aromatic carboxylic acids is 1. The fourth-order valence-electron chi connectivity index (χ4n) is 1.99. The average molecular weight is 276 g/mol. The van der Waals surface area contributed by atoms with E-state index in [-0.39, 0.29) is 17.4 Å². The second-order valence-corrected chi connectivity index (χ2v) is 5.65. The summed E-state index contributed by atoms with van der Waals surface area (Å²) in [6.07, 6.45) is 3.00.